The summed E-state index contributed by atoms with van der Waals surface area (Å²) < 4.78 is 10.8. The predicted octanol–water partition coefficient (Wildman–Crippen LogP) is 3.63. The van der Waals surface area contributed by atoms with Crippen molar-refractivity contribution in [3.8, 4) is 0 Å². The molecule has 4 rings (SSSR count). The van der Waals surface area contributed by atoms with Gasteiger partial charge in [-0.1, -0.05) is 60.7 Å². The Labute approximate surface area is 146 Å². The first-order valence-electron chi connectivity index (χ1n) is 8.45. The maximum absolute atomic E-state index is 12.8. The highest BCUT2D eigenvalue weighted by Gasteiger charge is 2.76. The Morgan fingerprint density at radius 1 is 1.12 bits per heavy atom. The SMILES string of the molecule is CCOC(=O)N1[C@@H](c2ccccc2)[C@@]12C[C@H](c1ccccc1)OC2=O. The van der Waals surface area contributed by atoms with Crippen molar-refractivity contribution in [2.75, 3.05) is 6.61 Å². The van der Waals surface area contributed by atoms with E-state index in [1.54, 1.807) is 6.92 Å². The average Bonchev–Trinajstić information content (AvgIpc) is 3.20. The second-order valence-corrected chi connectivity index (χ2v) is 6.32. The van der Waals surface area contributed by atoms with Crippen molar-refractivity contribution >= 4 is 12.1 Å². The highest BCUT2D eigenvalue weighted by molar-refractivity contribution is 5.95. The van der Waals surface area contributed by atoms with Crippen LogP contribution in [0.15, 0.2) is 60.7 Å². The molecule has 25 heavy (non-hydrogen) atoms. The third-order valence-electron chi connectivity index (χ3n) is 4.92. The third-order valence-corrected chi connectivity index (χ3v) is 4.92. The van der Waals surface area contributed by atoms with Gasteiger partial charge < -0.3 is 9.47 Å². The molecule has 128 valence electrons. The number of carbonyl (C=O) groups excluding carboxylic acids is 2. The van der Waals surface area contributed by atoms with Crippen molar-refractivity contribution in [2.45, 2.75) is 31.0 Å². The second kappa shape index (κ2) is 5.92. The summed E-state index contributed by atoms with van der Waals surface area (Å²) in [5.74, 6) is -0.358. The highest BCUT2D eigenvalue weighted by atomic mass is 16.6. The van der Waals surface area contributed by atoms with Crippen LogP contribution in [0, 0.1) is 0 Å². The number of cyclic esters (lactones) is 1. The number of ether oxygens (including phenoxy) is 2. The molecule has 5 heteroatoms. The van der Waals surface area contributed by atoms with Gasteiger partial charge in [0.15, 0.2) is 5.54 Å². The molecule has 0 bridgehead atoms. The van der Waals surface area contributed by atoms with E-state index in [-0.39, 0.29) is 24.7 Å². The van der Waals surface area contributed by atoms with Crippen LogP contribution in [-0.2, 0) is 14.3 Å². The molecule has 1 spiro atoms. The molecular formula is C20H19NO4. The van der Waals surface area contributed by atoms with Crippen LogP contribution < -0.4 is 0 Å². The van der Waals surface area contributed by atoms with Gasteiger partial charge in [-0.05, 0) is 18.1 Å². The molecule has 1 amide bonds. The fourth-order valence-corrected chi connectivity index (χ4v) is 3.77. The summed E-state index contributed by atoms with van der Waals surface area (Å²) in [4.78, 5) is 26.7. The van der Waals surface area contributed by atoms with E-state index >= 15 is 0 Å². The molecular weight excluding hydrogens is 318 g/mol. The van der Waals surface area contributed by atoms with Crippen LogP contribution in [0.4, 0.5) is 4.79 Å². The molecule has 2 saturated heterocycles. The standard InChI is InChI=1S/C20H19NO4/c1-2-24-19(23)21-17(15-11-7-4-8-12-15)20(21)13-16(25-18(20)22)14-9-5-3-6-10-14/h3-12,16-17H,2,13H2,1H3/t16-,17+,20-,21?/m1/s1. The van der Waals surface area contributed by atoms with Crippen LogP contribution in [0.25, 0.3) is 0 Å². The Morgan fingerprint density at radius 2 is 1.72 bits per heavy atom. The van der Waals surface area contributed by atoms with E-state index in [1.807, 2.05) is 60.7 Å². The minimum absolute atomic E-state index is 0.268. The van der Waals surface area contributed by atoms with E-state index in [4.69, 9.17) is 9.47 Å². The molecule has 2 aromatic rings. The number of esters is 1. The lowest BCUT2D eigenvalue weighted by Gasteiger charge is -2.08. The van der Waals surface area contributed by atoms with E-state index in [1.165, 1.54) is 4.90 Å². The fraction of sp³-hybridized carbons (Fsp3) is 0.300. The number of benzene rings is 2. The number of rotatable bonds is 3. The Balaban J connectivity index is 1.68. The van der Waals surface area contributed by atoms with Gasteiger partial charge >= 0.3 is 12.1 Å². The summed E-state index contributed by atoms with van der Waals surface area (Å²) in [6.45, 7) is 2.02. The molecule has 2 heterocycles. The van der Waals surface area contributed by atoms with Crippen LogP contribution in [0.5, 0.6) is 0 Å². The molecule has 2 aliphatic heterocycles. The van der Waals surface area contributed by atoms with Crippen LogP contribution in [0.2, 0.25) is 0 Å². The van der Waals surface area contributed by atoms with Crippen molar-refractivity contribution in [3.63, 3.8) is 0 Å². The van der Waals surface area contributed by atoms with Gasteiger partial charge in [-0.25, -0.2) is 9.59 Å². The summed E-state index contributed by atoms with van der Waals surface area (Å²) in [5.41, 5.74) is 0.894. The van der Waals surface area contributed by atoms with E-state index in [0.29, 0.717) is 6.42 Å². The number of hydrogen-bond acceptors (Lipinski definition) is 4. The highest BCUT2D eigenvalue weighted by Crippen LogP contribution is 2.62. The van der Waals surface area contributed by atoms with E-state index in [9.17, 15) is 9.59 Å². The van der Waals surface area contributed by atoms with Gasteiger partial charge in [0.25, 0.3) is 0 Å². The van der Waals surface area contributed by atoms with Crippen LogP contribution in [-0.4, -0.2) is 29.1 Å². The molecule has 5 nitrogen and oxygen atoms in total. The minimum atomic E-state index is -0.964. The minimum Gasteiger partial charge on any atom is -0.456 e. The van der Waals surface area contributed by atoms with Gasteiger partial charge in [0.05, 0.1) is 12.6 Å². The van der Waals surface area contributed by atoms with E-state index in [0.717, 1.165) is 11.1 Å². The topological polar surface area (TPSA) is 55.6 Å². The summed E-state index contributed by atoms with van der Waals surface area (Å²) in [7, 11) is 0. The van der Waals surface area contributed by atoms with Gasteiger partial charge in [-0.15, -0.1) is 0 Å². The largest absolute Gasteiger partial charge is 0.456 e. The van der Waals surface area contributed by atoms with Gasteiger partial charge in [-0.3, -0.25) is 4.90 Å². The van der Waals surface area contributed by atoms with Crippen LogP contribution in [0.3, 0.4) is 0 Å². The number of nitrogens with zero attached hydrogens (tertiary/aromatic N) is 1. The van der Waals surface area contributed by atoms with Gasteiger partial charge in [0.2, 0.25) is 0 Å². The zero-order valence-corrected chi connectivity index (χ0v) is 13.9. The van der Waals surface area contributed by atoms with Crippen LogP contribution in [0.1, 0.15) is 36.6 Å². The van der Waals surface area contributed by atoms with Crippen molar-refractivity contribution in [3.05, 3.63) is 71.8 Å². The number of hydrogen-bond donors (Lipinski definition) is 0. The summed E-state index contributed by atoms with van der Waals surface area (Å²) in [5, 5.41) is 0. The summed E-state index contributed by atoms with van der Waals surface area (Å²) >= 11 is 0. The molecule has 3 atom stereocenters. The first-order chi connectivity index (χ1) is 12.2. The molecule has 2 aliphatic rings. The normalized spacial score (nSPS) is 27.2. The predicted molar refractivity (Wildman–Crippen MR) is 90.7 cm³/mol. The van der Waals surface area contributed by atoms with Gasteiger partial charge in [0, 0.05) is 6.42 Å². The van der Waals surface area contributed by atoms with Crippen molar-refractivity contribution < 1.29 is 19.1 Å². The summed E-state index contributed by atoms with van der Waals surface area (Å²) in [6.07, 6.45) is -0.379. The lowest BCUT2D eigenvalue weighted by molar-refractivity contribution is -0.144. The van der Waals surface area contributed by atoms with E-state index < -0.39 is 11.6 Å². The third kappa shape index (κ3) is 2.38. The van der Waals surface area contributed by atoms with Crippen LogP contribution >= 0.6 is 0 Å². The Bertz CT molecular complexity index is 792. The number of amides is 1. The second-order valence-electron chi connectivity index (χ2n) is 6.32. The zero-order valence-electron chi connectivity index (χ0n) is 13.9. The molecule has 0 N–H and O–H groups in total. The monoisotopic (exact) mass is 337 g/mol. The molecule has 2 fully saturated rings. The zero-order chi connectivity index (χ0) is 17.4. The first kappa shape index (κ1) is 15.7. The molecule has 0 unspecified atom stereocenters. The molecule has 0 saturated carbocycles. The first-order valence-corrected chi connectivity index (χ1v) is 8.45. The molecule has 0 aliphatic carbocycles. The lowest BCUT2D eigenvalue weighted by Crippen LogP contribution is -2.28. The maximum Gasteiger partial charge on any atom is 0.411 e. The Hall–Kier alpha value is -2.82. The van der Waals surface area contributed by atoms with E-state index in [2.05, 4.69) is 0 Å². The lowest BCUT2D eigenvalue weighted by atomic mass is 9.94. The smallest absolute Gasteiger partial charge is 0.411 e. The average molecular weight is 337 g/mol. The quantitative estimate of drug-likeness (QED) is 0.634. The molecule has 2 aromatic carbocycles. The maximum atomic E-state index is 12.8. The fourth-order valence-electron chi connectivity index (χ4n) is 3.77. The molecule has 0 radical (unpaired) electrons. The van der Waals surface area contributed by atoms with Gasteiger partial charge in [0.1, 0.15) is 6.10 Å². The van der Waals surface area contributed by atoms with Gasteiger partial charge in [-0.2, -0.15) is 0 Å². The Morgan fingerprint density at radius 3 is 2.32 bits per heavy atom. The van der Waals surface area contributed by atoms with Crippen molar-refractivity contribution in [1.29, 1.82) is 0 Å². The molecule has 0 aromatic heterocycles. The Kier molecular flexibility index (Phi) is 3.71. The number of carbonyl (C=O) groups is 2. The van der Waals surface area contributed by atoms with Crippen molar-refractivity contribution in [2.24, 2.45) is 0 Å². The van der Waals surface area contributed by atoms with Crippen molar-refractivity contribution in [1.82, 2.24) is 4.90 Å². The summed E-state index contributed by atoms with van der Waals surface area (Å²) in [6, 6.07) is 18.9.